The van der Waals surface area contributed by atoms with Gasteiger partial charge in [0.05, 0.1) is 12.0 Å². The molecule has 0 saturated carbocycles. The molecule has 0 saturated heterocycles. The number of aromatic hydroxyl groups is 1. The molecule has 0 bridgehead atoms. The van der Waals surface area contributed by atoms with Crippen LogP contribution in [0, 0.1) is 13.8 Å². The smallest absolute Gasteiger partial charge is 0.303 e. The number of aliphatic carboxylic acids is 1. The van der Waals surface area contributed by atoms with Crippen LogP contribution in [0.5, 0.6) is 5.75 Å². The summed E-state index contributed by atoms with van der Waals surface area (Å²) in [6, 6.07) is 1.41. The Bertz CT molecular complexity index is 480. The van der Waals surface area contributed by atoms with Gasteiger partial charge in [0, 0.05) is 11.4 Å². The van der Waals surface area contributed by atoms with Gasteiger partial charge in [-0.1, -0.05) is 11.6 Å². The maximum Gasteiger partial charge on any atom is 0.303 e. The lowest BCUT2D eigenvalue weighted by Crippen LogP contribution is -2.06. The molecule has 0 atom stereocenters. The van der Waals surface area contributed by atoms with Gasteiger partial charge in [-0.15, -0.1) is 0 Å². The van der Waals surface area contributed by atoms with Crippen LogP contribution in [0.3, 0.4) is 0 Å². The zero-order valence-electron chi connectivity index (χ0n) is 9.58. The molecule has 0 spiro atoms. The molecule has 4 nitrogen and oxygen atoms in total. The van der Waals surface area contributed by atoms with E-state index in [-0.39, 0.29) is 24.2 Å². The van der Waals surface area contributed by atoms with Gasteiger partial charge in [-0.25, -0.2) is 0 Å². The molecular weight excluding hydrogens is 244 g/mol. The minimum absolute atomic E-state index is 0.113. The number of phenols is 1. The van der Waals surface area contributed by atoms with Crippen molar-refractivity contribution in [3.05, 3.63) is 27.8 Å². The lowest BCUT2D eigenvalue weighted by molar-refractivity contribution is -0.136. The minimum Gasteiger partial charge on any atom is -0.507 e. The van der Waals surface area contributed by atoms with Crippen molar-refractivity contribution in [1.29, 1.82) is 0 Å². The second kappa shape index (κ2) is 5.19. The van der Waals surface area contributed by atoms with E-state index in [1.165, 1.54) is 6.07 Å². The number of carboxylic acids is 1. The molecule has 2 N–H and O–H groups in total. The zero-order valence-corrected chi connectivity index (χ0v) is 10.3. The Morgan fingerprint density at radius 1 is 1.29 bits per heavy atom. The number of carboxylic acid groups (broad SMARTS) is 1. The van der Waals surface area contributed by atoms with Crippen LogP contribution in [0.2, 0.25) is 5.02 Å². The molecule has 0 aliphatic rings. The number of carbonyl (C=O) groups is 2. The van der Waals surface area contributed by atoms with E-state index in [0.29, 0.717) is 16.1 Å². The Morgan fingerprint density at radius 3 is 2.41 bits per heavy atom. The van der Waals surface area contributed by atoms with Crippen molar-refractivity contribution in [2.75, 3.05) is 0 Å². The predicted molar refractivity (Wildman–Crippen MR) is 63.8 cm³/mol. The van der Waals surface area contributed by atoms with Crippen molar-refractivity contribution in [2.45, 2.75) is 26.7 Å². The van der Waals surface area contributed by atoms with Crippen molar-refractivity contribution in [2.24, 2.45) is 0 Å². The summed E-state index contributed by atoms with van der Waals surface area (Å²) >= 11 is 5.98. The molecule has 0 aliphatic carbocycles. The first-order valence-corrected chi connectivity index (χ1v) is 5.46. The molecular formula is C12H13ClO4. The number of aryl methyl sites for hydroxylation is 1. The van der Waals surface area contributed by atoms with Crippen LogP contribution in [-0.4, -0.2) is 22.0 Å². The van der Waals surface area contributed by atoms with Gasteiger partial charge >= 0.3 is 5.97 Å². The summed E-state index contributed by atoms with van der Waals surface area (Å²) in [7, 11) is 0. The van der Waals surface area contributed by atoms with E-state index in [9.17, 15) is 14.7 Å². The Labute approximate surface area is 104 Å². The summed E-state index contributed by atoms with van der Waals surface area (Å²) in [4.78, 5) is 22.2. The second-order valence-electron chi connectivity index (χ2n) is 3.84. The molecule has 5 heteroatoms. The first kappa shape index (κ1) is 13.5. The van der Waals surface area contributed by atoms with Crippen LogP contribution >= 0.6 is 11.6 Å². The summed E-state index contributed by atoms with van der Waals surface area (Å²) in [5, 5.41) is 18.6. The molecule has 0 radical (unpaired) electrons. The van der Waals surface area contributed by atoms with Crippen molar-refractivity contribution in [1.82, 2.24) is 0 Å². The van der Waals surface area contributed by atoms with Gasteiger partial charge in [-0.05, 0) is 31.0 Å². The van der Waals surface area contributed by atoms with Crippen LogP contribution in [0.25, 0.3) is 0 Å². The molecule has 0 aliphatic heterocycles. The Morgan fingerprint density at radius 2 is 1.88 bits per heavy atom. The highest BCUT2D eigenvalue weighted by Crippen LogP contribution is 2.31. The van der Waals surface area contributed by atoms with E-state index in [0.717, 1.165) is 0 Å². The quantitative estimate of drug-likeness (QED) is 0.813. The van der Waals surface area contributed by atoms with Crippen LogP contribution in [0.1, 0.15) is 34.3 Å². The zero-order chi connectivity index (χ0) is 13.2. The number of carbonyl (C=O) groups excluding carboxylic acids is 1. The largest absolute Gasteiger partial charge is 0.507 e. The lowest BCUT2D eigenvalue weighted by atomic mass is 9.98. The number of Topliss-reactive ketones (excluding diaryl/α,β-unsaturated/α-hetero) is 1. The fraction of sp³-hybridized carbons (Fsp3) is 0.333. The van der Waals surface area contributed by atoms with Crippen molar-refractivity contribution in [3.63, 3.8) is 0 Å². The highest BCUT2D eigenvalue weighted by atomic mass is 35.5. The number of ketones is 1. The van der Waals surface area contributed by atoms with Gasteiger partial charge < -0.3 is 10.2 Å². The number of phenolic OH excluding ortho intramolecular Hbond substituents is 1. The molecule has 17 heavy (non-hydrogen) atoms. The molecule has 0 heterocycles. The molecule has 0 unspecified atom stereocenters. The third kappa shape index (κ3) is 2.97. The minimum atomic E-state index is -1.05. The van der Waals surface area contributed by atoms with Gasteiger partial charge in [0.15, 0.2) is 5.78 Å². The topological polar surface area (TPSA) is 74.6 Å². The van der Waals surface area contributed by atoms with E-state index in [1.54, 1.807) is 13.8 Å². The van der Waals surface area contributed by atoms with Crippen molar-refractivity contribution < 1.29 is 19.8 Å². The number of hydrogen-bond donors (Lipinski definition) is 2. The normalized spacial score (nSPS) is 10.3. The summed E-state index contributed by atoms with van der Waals surface area (Å²) in [6.07, 6.45) is -0.410. The summed E-state index contributed by atoms with van der Waals surface area (Å²) in [5.74, 6) is -1.61. The van der Waals surface area contributed by atoms with Crippen LogP contribution in [-0.2, 0) is 4.79 Å². The molecule has 0 fully saturated rings. The van der Waals surface area contributed by atoms with Gasteiger partial charge in [0.1, 0.15) is 5.75 Å². The summed E-state index contributed by atoms with van der Waals surface area (Å²) in [6.45, 7) is 3.35. The molecule has 1 rings (SSSR count). The standard InChI is InChI=1S/C12H13ClO4/c1-6-5-9(15)11(7(2)12(6)13)8(14)3-4-10(16)17/h5,15H,3-4H2,1-2H3,(H,16,17). The van der Waals surface area contributed by atoms with Gasteiger partial charge in [0.2, 0.25) is 0 Å². The number of rotatable bonds is 4. The van der Waals surface area contributed by atoms with E-state index >= 15 is 0 Å². The predicted octanol–water partition coefficient (Wildman–Crippen LogP) is 2.71. The third-order valence-corrected chi connectivity index (χ3v) is 3.09. The van der Waals surface area contributed by atoms with Gasteiger partial charge in [0.25, 0.3) is 0 Å². The maximum absolute atomic E-state index is 11.8. The van der Waals surface area contributed by atoms with Gasteiger partial charge in [-0.3, -0.25) is 9.59 Å². The molecule has 1 aromatic rings. The third-order valence-electron chi connectivity index (χ3n) is 2.50. The van der Waals surface area contributed by atoms with E-state index in [4.69, 9.17) is 16.7 Å². The number of halogens is 1. The van der Waals surface area contributed by atoms with E-state index in [2.05, 4.69) is 0 Å². The first-order chi connectivity index (χ1) is 7.84. The van der Waals surface area contributed by atoms with Crippen LogP contribution in [0.15, 0.2) is 6.07 Å². The summed E-state index contributed by atoms with van der Waals surface area (Å²) in [5.41, 5.74) is 1.28. The Balaban J connectivity index is 3.10. The lowest BCUT2D eigenvalue weighted by Gasteiger charge is -2.11. The van der Waals surface area contributed by atoms with Gasteiger partial charge in [-0.2, -0.15) is 0 Å². The Kier molecular flexibility index (Phi) is 4.12. The SMILES string of the molecule is Cc1cc(O)c(C(=O)CCC(=O)O)c(C)c1Cl. The fourth-order valence-electron chi connectivity index (χ4n) is 1.64. The monoisotopic (exact) mass is 256 g/mol. The second-order valence-corrected chi connectivity index (χ2v) is 4.22. The first-order valence-electron chi connectivity index (χ1n) is 5.08. The average Bonchev–Trinajstić information content (AvgIpc) is 2.23. The van der Waals surface area contributed by atoms with E-state index < -0.39 is 11.8 Å². The highest BCUT2D eigenvalue weighted by Gasteiger charge is 2.18. The molecule has 0 aromatic heterocycles. The maximum atomic E-state index is 11.8. The highest BCUT2D eigenvalue weighted by molar-refractivity contribution is 6.32. The van der Waals surface area contributed by atoms with Crippen LogP contribution in [0.4, 0.5) is 0 Å². The van der Waals surface area contributed by atoms with Crippen molar-refractivity contribution >= 4 is 23.4 Å². The average molecular weight is 257 g/mol. The molecule has 92 valence electrons. The van der Waals surface area contributed by atoms with Crippen molar-refractivity contribution in [3.8, 4) is 5.75 Å². The Hall–Kier alpha value is -1.55. The number of hydrogen-bond acceptors (Lipinski definition) is 3. The van der Waals surface area contributed by atoms with Crippen LogP contribution < -0.4 is 0 Å². The molecule has 1 aromatic carbocycles. The molecule has 0 amide bonds. The fourth-order valence-corrected chi connectivity index (χ4v) is 1.78. The van der Waals surface area contributed by atoms with E-state index in [1.807, 2.05) is 0 Å². The number of benzene rings is 1. The summed E-state index contributed by atoms with van der Waals surface area (Å²) < 4.78 is 0.